The number of likely N-dealkylation sites (tertiary alicyclic amines) is 1. The average molecular weight is 291 g/mol. The Balaban J connectivity index is 1.91. The lowest BCUT2D eigenvalue weighted by atomic mass is 10.0. The van der Waals surface area contributed by atoms with E-state index in [4.69, 9.17) is 10.8 Å². The van der Waals surface area contributed by atoms with Gasteiger partial charge in [-0.25, -0.2) is 0 Å². The molecule has 4 N–H and O–H groups in total. The quantitative estimate of drug-likeness (QED) is 0.760. The second kappa shape index (κ2) is 5.83. The molecule has 0 spiro atoms. The molecule has 1 heterocycles. The van der Waals surface area contributed by atoms with E-state index < -0.39 is 11.5 Å². The predicted molar refractivity (Wildman–Crippen MR) is 80.2 cm³/mol. The first-order valence-electron chi connectivity index (χ1n) is 6.92. The van der Waals surface area contributed by atoms with Gasteiger partial charge in [0.25, 0.3) is 0 Å². The molecule has 6 heteroatoms. The van der Waals surface area contributed by atoms with Crippen LogP contribution < -0.4 is 11.1 Å². The fourth-order valence-corrected chi connectivity index (χ4v) is 2.45. The Morgan fingerprint density at radius 2 is 2.10 bits per heavy atom. The van der Waals surface area contributed by atoms with Gasteiger partial charge in [-0.3, -0.25) is 14.5 Å². The van der Waals surface area contributed by atoms with E-state index in [1.165, 1.54) is 5.56 Å². The molecule has 21 heavy (non-hydrogen) atoms. The molecule has 1 aliphatic heterocycles. The van der Waals surface area contributed by atoms with Crippen molar-refractivity contribution in [2.75, 3.05) is 25.0 Å². The minimum Gasteiger partial charge on any atom is -0.480 e. The zero-order valence-corrected chi connectivity index (χ0v) is 12.3. The van der Waals surface area contributed by atoms with Crippen LogP contribution in [0.25, 0.3) is 0 Å². The number of benzene rings is 1. The molecule has 1 aliphatic rings. The number of hydrogen-bond acceptors (Lipinski definition) is 4. The molecular weight excluding hydrogens is 270 g/mol. The van der Waals surface area contributed by atoms with Gasteiger partial charge >= 0.3 is 5.97 Å². The lowest BCUT2D eigenvalue weighted by molar-refractivity contribution is -0.143. The average Bonchev–Trinajstić information content (AvgIpc) is 2.77. The Morgan fingerprint density at radius 1 is 1.38 bits per heavy atom. The maximum atomic E-state index is 12.0. The SMILES string of the molecule is Cc1ccc(NC(=O)CN2CCC(N)(C(=O)O)C2)cc1C. The summed E-state index contributed by atoms with van der Waals surface area (Å²) in [5.41, 5.74) is 7.58. The number of carboxylic acids is 1. The van der Waals surface area contributed by atoms with Crippen molar-refractivity contribution in [2.24, 2.45) is 5.73 Å². The Labute approximate surface area is 123 Å². The molecule has 6 nitrogen and oxygen atoms in total. The summed E-state index contributed by atoms with van der Waals surface area (Å²) in [6.45, 7) is 4.87. The molecule has 0 saturated carbocycles. The monoisotopic (exact) mass is 291 g/mol. The second-order valence-electron chi connectivity index (χ2n) is 5.77. The number of amides is 1. The molecule has 0 aromatic heterocycles. The molecule has 1 aromatic carbocycles. The third kappa shape index (κ3) is 3.59. The fraction of sp³-hybridized carbons (Fsp3) is 0.467. The van der Waals surface area contributed by atoms with Crippen molar-refractivity contribution in [1.29, 1.82) is 0 Å². The number of rotatable bonds is 4. The molecular formula is C15H21N3O3. The molecule has 1 atom stereocenters. The molecule has 114 valence electrons. The number of aliphatic carboxylic acids is 1. The number of carbonyl (C=O) groups is 2. The molecule has 2 rings (SSSR count). The van der Waals surface area contributed by atoms with Gasteiger partial charge in [0.1, 0.15) is 5.54 Å². The third-order valence-electron chi connectivity index (χ3n) is 3.96. The normalized spacial score (nSPS) is 22.2. The van der Waals surface area contributed by atoms with Crippen molar-refractivity contribution in [3.8, 4) is 0 Å². The number of hydrogen-bond donors (Lipinski definition) is 3. The minimum atomic E-state index is -1.24. The topological polar surface area (TPSA) is 95.7 Å². The number of anilines is 1. The zero-order valence-electron chi connectivity index (χ0n) is 12.3. The van der Waals surface area contributed by atoms with Gasteiger partial charge in [0, 0.05) is 18.8 Å². The lowest BCUT2D eigenvalue weighted by Crippen LogP contribution is -2.50. The van der Waals surface area contributed by atoms with Gasteiger partial charge in [0.05, 0.1) is 6.54 Å². The summed E-state index contributed by atoms with van der Waals surface area (Å²) in [6.07, 6.45) is 0.360. The van der Waals surface area contributed by atoms with E-state index in [1.807, 2.05) is 32.0 Å². The van der Waals surface area contributed by atoms with Gasteiger partial charge in [-0.15, -0.1) is 0 Å². The van der Waals surface area contributed by atoms with Gasteiger partial charge in [-0.05, 0) is 43.5 Å². The molecule has 1 aromatic rings. The number of carbonyl (C=O) groups excluding carboxylic acids is 1. The summed E-state index contributed by atoms with van der Waals surface area (Å²) in [5, 5.41) is 11.9. The van der Waals surface area contributed by atoms with Crippen molar-refractivity contribution in [1.82, 2.24) is 4.90 Å². The largest absolute Gasteiger partial charge is 0.480 e. The summed E-state index contributed by atoms with van der Waals surface area (Å²) >= 11 is 0. The standard InChI is InChI=1S/C15H21N3O3/c1-10-3-4-12(7-11(10)2)17-13(19)8-18-6-5-15(16,9-18)14(20)21/h3-4,7H,5-6,8-9,16H2,1-2H3,(H,17,19)(H,20,21). The third-order valence-corrected chi connectivity index (χ3v) is 3.96. The maximum Gasteiger partial charge on any atom is 0.325 e. The Kier molecular flexibility index (Phi) is 4.29. The number of carboxylic acid groups (broad SMARTS) is 1. The second-order valence-corrected chi connectivity index (χ2v) is 5.77. The smallest absolute Gasteiger partial charge is 0.325 e. The first kappa shape index (κ1) is 15.5. The van der Waals surface area contributed by atoms with Crippen molar-refractivity contribution in [3.63, 3.8) is 0 Å². The first-order chi connectivity index (χ1) is 9.80. The minimum absolute atomic E-state index is 0.152. The lowest BCUT2D eigenvalue weighted by Gasteiger charge is -2.19. The van der Waals surface area contributed by atoms with E-state index in [2.05, 4.69) is 5.32 Å². The van der Waals surface area contributed by atoms with Gasteiger partial charge < -0.3 is 16.2 Å². The van der Waals surface area contributed by atoms with E-state index in [1.54, 1.807) is 4.90 Å². The Hall–Kier alpha value is -1.92. The molecule has 0 bridgehead atoms. The van der Waals surface area contributed by atoms with Crippen LogP contribution in [0.5, 0.6) is 0 Å². The predicted octanol–water partition coefficient (Wildman–Crippen LogP) is 0.730. The van der Waals surface area contributed by atoms with Crippen molar-refractivity contribution < 1.29 is 14.7 Å². The van der Waals surface area contributed by atoms with Crippen LogP contribution in [0.1, 0.15) is 17.5 Å². The Morgan fingerprint density at radius 3 is 2.67 bits per heavy atom. The van der Waals surface area contributed by atoms with E-state index in [0.717, 1.165) is 11.3 Å². The van der Waals surface area contributed by atoms with Gasteiger partial charge in [-0.1, -0.05) is 6.07 Å². The van der Waals surface area contributed by atoms with Crippen LogP contribution in [0.2, 0.25) is 0 Å². The summed E-state index contributed by atoms with van der Waals surface area (Å²) in [6, 6.07) is 5.73. The summed E-state index contributed by atoms with van der Waals surface area (Å²) in [5.74, 6) is -1.17. The van der Waals surface area contributed by atoms with Crippen LogP contribution in [0.4, 0.5) is 5.69 Å². The molecule has 0 aliphatic carbocycles. The van der Waals surface area contributed by atoms with Crippen LogP contribution in [0.3, 0.4) is 0 Å². The zero-order chi connectivity index (χ0) is 15.6. The van der Waals surface area contributed by atoms with E-state index in [9.17, 15) is 9.59 Å². The fourth-order valence-electron chi connectivity index (χ4n) is 2.45. The molecule has 1 amide bonds. The van der Waals surface area contributed by atoms with Crippen LogP contribution in [-0.2, 0) is 9.59 Å². The van der Waals surface area contributed by atoms with E-state index in [0.29, 0.717) is 13.0 Å². The molecule has 1 saturated heterocycles. The van der Waals surface area contributed by atoms with Crippen LogP contribution >= 0.6 is 0 Å². The Bertz CT molecular complexity index is 573. The van der Waals surface area contributed by atoms with Crippen molar-refractivity contribution >= 4 is 17.6 Å². The van der Waals surface area contributed by atoms with Crippen LogP contribution in [0, 0.1) is 13.8 Å². The highest BCUT2D eigenvalue weighted by Crippen LogP contribution is 2.19. The highest BCUT2D eigenvalue weighted by atomic mass is 16.4. The van der Waals surface area contributed by atoms with Gasteiger partial charge in [0.2, 0.25) is 5.91 Å². The molecule has 0 radical (unpaired) electrons. The summed E-state index contributed by atoms with van der Waals surface area (Å²) in [7, 11) is 0. The first-order valence-corrected chi connectivity index (χ1v) is 6.92. The van der Waals surface area contributed by atoms with Crippen molar-refractivity contribution in [3.05, 3.63) is 29.3 Å². The van der Waals surface area contributed by atoms with Crippen molar-refractivity contribution in [2.45, 2.75) is 25.8 Å². The van der Waals surface area contributed by atoms with Gasteiger partial charge in [0.15, 0.2) is 0 Å². The maximum absolute atomic E-state index is 12.0. The van der Waals surface area contributed by atoms with Gasteiger partial charge in [-0.2, -0.15) is 0 Å². The highest BCUT2D eigenvalue weighted by molar-refractivity contribution is 5.92. The number of nitrogens with two attached hydrogens (primary N) is 1. The number of nitrogens with one attached hydrogen (secondary N) is 1. The van der Waals surface area contributed by atoms with Crippen LogP contribution in [-0.4, -0.2) is 47.1 Å². The molecule has 1 fully saturated rings. The number of aryl methyl sites for hydroxylation is 2. The highest BCUT2D eigenvalue weighted by Gasteiger charge is 2.41. The summed E-state index contributed by atoms with van der Waals surface area (Å²) in [4.78, 5) is 24.8. The van der Waals surface area contributed by atoms with Crippen LogP contribution in [0.15, 0.2) is 18.2 Å². The molecule has 1 unspecified atom stereocenters. The number of nitrogens with zero attached hydrogens (tertiary/aromatic N) is 1. The van der Waals surface area contributed by atoms with E-state index >= 15 is 0 Å². The summed E-state index contributed by atoms with van der Waals surface area (Å²) < 4.78 is 0. The van der Waals surface area contributed by atoms with E-state index in [-0.39, 0.29) is 19.0 Å².